The van der Waals surface area contributed by atoms with Crippen molar-refractivity contribution in [1.82, 2.24) is 4.98 Å². The van der Waals surface area contributed by atoms with E-state index in [4.69, 9.17) is 8.22 Å². The molecule has 1 aromatic rings. The molecule has 0 bridgehead atoms. The van der Waals surface area contributed by atoms with Gasteiger partial charge in [-0.3, -0.25) is 4.98 Å². The smallest absolute Gasteiger partial charge is 0.0664 e. The Morgan fingerprint density at radius 2 is 2.54 bits per heavy atom. The minimum atomic E-state index is -0.895. The summed E-state index contributed by atoms with van der Waals surface area (Å²) in [6, 6.07) is -0.390. The first-order chi connectivity index (χ1) is 8.84. The van der Waals surface area contributed by atoms with Gasteiger partial charge in [0.05, 0.1) is 12.5 Å². The number of allylic oxidation sites excluding steroid dienone is 4. The molecule has 1 aliphatic carbocycles. The molecule has 0 saturated heterocycles. The zero-order chi connectivity index (χ0) is 14.3. The first-order valence-electron chi connectivity index (χ1n) is 7.15. The lowest BCUT2D eigenvalue weighted by Gasteiger charge is -2.08. The Balaban J connectivity index is 2.63. The molecule has 0 fully saturated rings. The van der Waals surface area contributed by atoms with Crippen molar-refractivity contribution in [3.63, 3.8) is 0 Å². The molecule has 0 spiro atoms. The van der Waals surface area contributed by atoms with Crippen LogP contribution in [0.15, 0.2) is 36.4 Å². The first kappa shape index (κ1) is 3.79. The Labute approximate surface area is 87.3 Å². The fourth-order valence-electron chi connectivity index (χ4n) is 1.12. The van der Waals surface area contributed by atoms with Crippen molar-refractivity contribution in [2.24, 2.45) is 0 Å². The molecule has 1 heteroatoms. The minimum absolute atomic E-state index is 0.0562. The van der Waals surface area contributed by atoms with Gasteiger partial charge >= 0.3 is 0 Å². The topological polar surface area (TPSA) is 12.9 Å². The van der Waals surface area contributed by atoms with Gasteiger partial charge in [0.1, 0.15) is 0 Å². The molecule has 1 aliphatic rings. The van der Waals surface area contributed by atoms with Crippen molar-refractivity contribution in [2.45, 2.75) is 19.7 Å². The summed E-state index contributed by atoms with van der Waals surface area (Å²) >= 11 is 0. The molecule has 1 atom stereocenters. The van der Waals surface area contributed by atoms with E-state index in [1.54, 1.807) is 6.92 Å². The Hall–Kier alpha value is -1.37. The van der Waals surface area contributed by atoms with Crippen molar-refractivity contribution in [1.29, 1.82) is 0 Å². The SMILES string of the molecule is [2H]C1=C(c2ncc([2H])c(C)c2[2H])CC([2H])C([2H])=C1[2H]. The summed E-state index contributed by atoms with van der Waals surface area (Å²) in [5, 5.41) is 0. The summed E-state index contributed by atoms with van der Waals surface area (Å²) in [5.74, 6) is 0. The number of nitrogens with zero attached hydrogens (tertiary/aromatic N) is 1. The van der Waals surface area contributed by atoms with Gasteiger partial charge in [-0.05, 0) is 43.0 Å². The van der Waals surface area contributed by atoms with E-state index in [-0.39, 0.29) is 42.4 Å². The highest BCUT2D eigenvalue weighted by Gasteiger charge is 2.03. The normalized spacial score (nSPS) is 30.1. The van der Waals surface area contributed by atoms with Crippen LogP contribution in [0.4, 0.5) is 0 Å². The van der Waals surface area contributed by atoms with Crippen molar-refractivity contribution in [3.8, 4) is 0 Å². The third-order valence-electron chi connectivity index (χ3n) is 1.76. The largest absolute Gasteiger partial charge is 0.257 e. The molecule has 66 valence electrons. The first-order valence-corrected chi connectivity index (χ1v) is 4.07. The lowest BCUT2D eigenvalue weighted by Crippen LogP contribution is -1.91. The maximum absolute atomic E-state index is 7.96. The summed E-state index contributed by atoms with van der Waals surface area (Å²) in [4.78, 5) is 4.00. The van der Waals surface area contributed by atoms with E-state index in [0.717, 1.165) is 0 Å². The van der Waals surface area contributed by atoms with Crippen molar-refractivity contribution in [3.05, 3.63) is 47.7 Å². The summed E-state index contributed by atoms with van der Waals surface area (Å²) in [5.41, 5.74) is 1.04. The zero-order valence-electron chi connectivity index (χ0n) is 13.3. The van der Waals surface area contributed by atoms with Crippen molar-refractivity contribution in [2.75, 3.05) is 0 Å². The average molecular weight is 177 g/mol. The molecule has 0 saturated carbocycles. The van der Waals surface area contributed by atoms with Gasteiger partial charge in [0.2, 0.25) is 0 Å². The highest BCUT2D eigenvalue weighted by molar-refractivity contribution is 5.65. The van der Waals surface area contributed by atoms with E-state index in [1.807, 2.05) is 0 Å². The summed E-state index contributed by atoms with van der Waals surface area (Å²) in [6.45, 7) is 1.63. The number of hydrogen-bond donors (Lipinski definition) is 0. The maximum Gasteiger partial charge on any atom is 0.0664 e. The molecule has 0 aliphatic heterocycles. The Morgan fingerprint density at radius 3 is 3.46 bits per heavy atom. The van der Waals surface area contributed by atoms with E-state index in [1.165, 1.54) is 6.20 Å². The maximum atomic E-state index is 7.96. The van der Waals surface area contributed by atoms with Gasteiger partial charge in [-0.1, -0.05) is 18.2 Å². The van der Waals surface area contributed by atoms with E-state index >= 15 is 0 Å². The lowest BCUT2D eigenvalue weighted by molar-refractivity contribution is 1.04. The molecule has 0 aromatic carbocycles. The molecule has 1 nitrogen and oxygen atoms in total. The molecule has 1 unspecified atom stereocenters. The van der Waals surface area contributed by atoms with Crippen LogP contribution in [0.5, 0.6) is 0 Å². The number of rotatable bonds is 1. The van der Waals surface area contributed by atoms with Gasteiger partial charge < -0.3 is 0 Å². The van der Waals surface area contributed by atoms with Gasteiger partial charge in [-0.2, -0.15) is 0 Å². The van der Waals surface area contributed by atoms with Gasteiger partial charge in [-0.15, -0.1) is 0 Å². The molecule has 0 N–H and O–H groups in total. The van der Waals surface area contributed by atoms with E-state index < -0.39 is 6.40 Å². The second-order valence-electron chi connectivity index (χ2n) is 2.78. The third-order valence-corrected chi connectivity index (χ3v) is 1.76. The minimum Gasteiger partial charge on any atom is -0.257 e. The standard InChI is InChI=1S/C12H13N/c1-10-7-8-13-12(9-10)11-5-3-2-4-6-11/h2-3,5,7-9H,4,6H2,1H3/i2D,3D,4D,5D,7D,9D. The van der Waals surface area contributed by atoms with Crippen molar-refractivity contribution >= 4 is 5.57 Å². The van der Waals surface area contributed by atoms with Gasteiger partial charge in [0, 0.05) is 7.57 Å². The fourth-order valence-corrected chi connectivity index (χ4v) is 1.12. The Bertz CT molecular complexity index is 604. The Kier molecular flexibility index (Phi) is 1.04. The zero-order valence-corrected chi connectivity index (χ0v) is 7.31. The number of pyridine rings is 1. The monoisotopic (exact) mass is 177 g/mol. The second kappa shape index (κ2) is 3.56. The van der Waals surface area contributed by atoms with Crippen LogP contribution in [0.3, 0.4) is 0 Å². The highest BCUT2D eigenvalue weighted by Crippen LogP contribution is 2.21. The van der Waals surface area contributed by atoms with E-state index in [0.29, 0.717) is 11.1 Å². The molecule has 13 heavy (non-hydrogen) atoms. The number of aromatic nitrogens is 1. The molecule has 1 heterocycles. The highest BCUT2D eigenvalue weighted by atomic mass is 14.7. The molecular weight excluding hydrogens is 158 g/mol. The van der Waals surface area contributed by atoms with Crippen LogP contribution in [0.1, 0.15) is 32.3 Å². The summed E-state index contributed by atoms with van der Waals surface area (Å²) < 4.78 is 46.4. The van der Waals surface area contributed by atoms with Crippen LogP contribution in [0, 0.1) is 6.92 Å². The quantitative estimate of drug-likeness (QED) is 0.642. The Morgan fingerprint density at radius 1 is 1.62 bits per heavy atom. The van der Waals surface area contributed by atoms with Gasteiger partial charge in [-0.25, -0.2) is 0 Å². The molecular formula is C12H13N. The van der Waals surface area contributed by atoms with E-state index in [2.05, 4.69) is 4.98 Å². The van der Waals surface area contributed by atoms with Crippen LogP contribution in [-0.2, 0) is 0 Å². The molecule has 2 rings (SSSR count). The van der Waals surface area contributed by atoms with Crippen molar-refractivity contribution < 1.29 is 8.22 Å². The van der Waals surface area contributed by atoms with E-state index in [9.17, 15) is 0 Å². The van der Waals surface area contributed by atoms with Crippen LogP contribution in [-0.4, -0.2) is 4.98 Å². The van der Waals surface area contributed by atoms with Gasteiger partial charge in [0.25, 0.3) is 0 Å². The molecule has 1 aromatic heterocycles. The number of hydrogen-bond acceptors (Lipinski definition) is 1. The fraction of sp³-hybridized carbons (Fsp3) is 0.250. The predicted molar refractivity (Wildman–Crippen MR) is 55.3 cm³/mol. The van der Waals surface area contributed by atoms with Crippen LogP contribution in [0.2, 0.25) is 0 Å². The summed E-state index contributed by atoms with van der Waals surface area (Å²) in [6.07, 6.45) is 0.523. The summed E-state index contributed by atoms with van der Waals surface area (Å²) in [7, 11) is 0. The van der Waals surface area contributed by atoms with Crippen LogP contribution < -0.4 is 0 Å². The third kappa shape index (κ3) is 1.86. The van der Waals surface area contributed by atoms with Gasteiger partial charge in [0.15, 0.2) is 0 Å². The van der Waals surface area contributed by atoms with Crippen LogP contribution in [0.25, 0.3) is 5.57 Å². The molecule has 0 amide bonds. The molecule has 0 radical (unpaired) electrons. The average Bonchev–Trinajstić information content (AvgIpc) is 2.39. The van der Waals surface area contributed by atoms with Crippen LogP contribution >= 0.6 is 0 Å². The lowest BCUT2D eigenvalue weighted by atomic mass is 10.0. The second-order valence-corrected chi connectivity index (χ2v) is 2.78. The predicted octanol–water partition coefficient (Wildman–Crippen LogP) is 3.12.